The second-order valence-electron chi connectivity index (χ2n) is 7.64. The van der Waals surface area contributed by atoms with Crippen LogP contribution in [0.15, 0.2) is 84.9 Å². The highest BCUT2D eigenvalue weighted by atomic mass is 32.2. The van der Waals surface area contributed by atoms with Crippen molar-refractivity contribution in [1.82, 2.24) is 10.2 Å². The number of nitrogens with one attached hydrogen (secondary N) is 1. The highest BCUT2D eigenvalue weighted by molar-refractivity contribution is 8.00. The first-order chi connectivity index (χ1) is 15.2. The molecule has 1 aliphatic rings. The van der Waals surface area contributed by atoms with Crippen molar-refractivity contribution >= 4 is 23.6 Å². The van der Waals surface area contributed by atoms with E-state index in [1.165, 1.54) is 5.56 Å². The molecule has 0 aliphatic carbocycles. The molecule has 0 aromatic heterocycles. The fourth-order valence-electron chi connectivity index (χ4n) is 3.72. The van der Waals surface area contributed by atoms with Gasteiger partial charge in [-0.05, 0) is 41.7 Å². The average Bonchev–Trinajstić information content (AvgIpc) is 3.18. The van der Waals surface area contributed by atoms with Crippen LogP contribution < -0.4 is 5.32 Å². The van der Waals surface area contributed by atoms with Crippen molar-refractivity contribution in [3.8, 4) is 0 Å². The number of benzene rings is 3. The monoisotopic (exact) mass is 430 g/mol. The van der Waals surface area contributed by atoms with Gasteiger partial charge in [0, 0.05) is 18.7 Å². The Morgan fingerprint density at radius 2 is 1.55 bits per heavy atom. The average molecular weight is 431 g/mol. The van der Waals surface area contributed by atoms with Crippen molar-refractivity contribution in [3.05, 3.63) is 107 Å². The normalized spacial score (nSPS) is 15.8. The number of rotatable bonds is 8. The van der Waals surface area contributed by atoms with Crippen LogP contribution in [0.3, 0.4) is 0 Å². The van der Waals surface area contributed by atoms with Crippen molar-refractivity contribution in [1.29, 1.82) is 0 Å². The Bertz CT molecular complexity index is 1010. The molecule has 5 heteroatoms. The highest BCUT2D eigenvalue weighted by Crippen LogP contribution is 2.39. The summed E-state index contributed by atoms with van der Waals surface area (Å²) in [6, 6.07) is 28.0. The van der Waals surface area contributed by atoms with Crippen LogP contribution in [0.5, 0.6) is 0 Å². The molecule has 0 radical (unpaired) electrons. The molecule has 1 N–H and O–H groups in total. The first-order valence-electron chi connectivity index (χ1n) is 10.6. The predicted octanol–water partition coefficient (Wildman–Crippen LogP) is 4.82. The summed E-state index contributed by atoms with van der Waals surface area (Å²) < 4.78 is 0. The summed E-state index contributed by atoms with van der Waals surface area (Å²) in [6.45, 7) is 1.24. The molecule has 158 valence electrons. The van der Waals surface area contributed by atoms with Gasteiger partial charge < -0.3 is 10.2 Å². The lowest BCUT2D eigenvalue weighted by Gasteiger charge is -2.24. The fourth-order valence-corrected chi connectivity index (χ4v) is 4.91. The van der Waals surface area contributed by atoms with E-state index in [9.17, 15) is 9.59 Å². The number of hydrogen-bond donors (Lipinski definition) is 1. The number of hydrogen-bond acceptors (Lipinski definition) is 3. The van der Waals surface area contributed by atoms with Crippen LogP contribution in [-0.2, 0) is 17.8 Å². The molecule has 3 aromatic rings. The standard InChI is InChI=1S/C26H26N2O2S/c29-24-19-31-26(28(24)18-21-10-5-2-6-11-21)23-15-13-22(14-16-23)25(30)27-17-7-12-20-8-3-1-4-9-20/h1-6,8-11,13-16,26H,7,12,17-19H2,(H,27,30)/t26-/m1/s1. The summed E-state index contributed by atoms with van der Waals surface area (Å²) in [5.74, 6) is 0.580. The van der Waals surface area contributed by atoms with E-state index in [2.05, 4.69) is 17.4 Å². The van der Waals surface area contributed by atoms with Crippen molar-refractivity contribution < 1.29 is 9.59 Å². The second kappa shape index (κ2) is 10.3. The van der Waals surface area contributed by atoms with Gasteiger partial charge in [-0.15, -0.1) is 11.8 Å². The number of thioether (sulfide) groups is 1. The maximum atomic E-state index is 12.5. The molecule has 0 saturated carbocycles. The van der Waals surface area contributed by atoms with Crippen LogP contribution >= 0.6 is 11.8 Å². The van der Waals surface area contributed by atoms with Gasteiger partial charge >= 0.3 is 0 Å². The van der Waals surface area contributed by atoms with Gasteiger partial charge in [0.15, 0.2) is 0 Å². The number of amides is 2. The number of carbonyl (C=O) groups excluding carboxylic acids is 2. The third-order valence-corrected chi connectivity index (χ3v) is 6.65. The van der Waals surface area contributed by atoms with Crippen molar-refractivity contribution in [3.63, 3.8) is 0 Å². The van der Waals surface area contributed by atoms with Crippen molar-refractivity contribution in [2.24, 2.45) is 0 Å². The zero-order chi connectivity index (χ0) is 21.5. The SMILES string of the molecule is O=C(NCCCc1ccccc1)c1ccc([C@H]2SCC(=O)N2Cc2ccccc2)cc1. The third kappa shape index (κ3) is 5.56. The molecule has 0 bridgehead atoms. The van der Waals surface area contributed by atoms with Gasteiger partial charge in [-0.2, -0.15) is 0 Å². The van der Waals surface area contributed by atoms with E-state index in [-0.39, 0.29) is 17.2 Å². The van der Waals surface area contributed by atoms with Crippen LogP contribution in [0.1, 0.15) is 38.8 Å². The zero-order valence-electron chi connectivity index (χ0n) is 17.4. The molecular formula is C26H26N2O2S. The Labute approximate surface area is 187 Å². The van der Waals surface area contributed by atoms with Gasteiger partial charge in [0.1, 0.15) is 5.37 Å². The van der Waals surface area contributed by atoms with E-state index < -0.39 is 0 Å². The van der Waals surface area contributed by atoms with Gasteiger partial charge in [-0.3, -0.25) is 9.59 Å². The topological polar surface area (TPSA) is 49.4 Å². The molecule has 1 aliphatic heterocycles. The minimum absolute atomic E-state index is 0.0179. The molecule has 4 rings (SSSR count). The lowest BCUT2D eigenvalue weighted by molar-refractivity contribution is -0.128. The maximum absolute atomic E-state index is 12.5. The molecule has 0 spiro atoms. The van der Waals surface area contributed by atoms with Gasteiger partial charge in [-0.1, -0.05) is 72.8 Å². The van der Waals surface area contributed by atoms with Crippen molar-refractivity contribution in [2.45, 2.75) is 24.8 Å². The number of aryl methyl sites for hydroxylation is 1. The molecule has 31 heavy (non-hydrogen) atoms. The molecule has 3 aromatic carbocycles. The summed E-state index contributed by atoms with van der Waals surface area (Å²) in [6.07, 6.45) is 1.85. The van der Waals surface area contributed by atoms with Crippen LogP contribution in [0.2, 0.25) is 0 Å². The smallest absolute Gasteiger partial charge is 0.251 e. The predicted molar refractivity (Wildman–Crippen MR) is 126 cm³/mol. The van der Waals surface area contributed by atoms with E-state index in [0.29, 0.717) is 24.4 Å². The molecule has 1 atom stereocenters. The molecule has 0 unspecified atom stereocenters. The zero-order valence-corrected chi connectivity index (χ0v) is 18.2. The molecular weight excluding hydrogens is 404 g/mol. The quantitative estimate of drug-likeness (QED) is 0.521. The molecule has 1 fully saturated rings. The highest BCUT2D eigenvalue weighted by Gasteiger charge is 2.32. The summed E-state index contributed by atoms with van der Waals surface area (Å²) in [7, 11) is 0. The summed E-state index contributed by atoms with van der Waals surface area (Å²) in [5, 5.41) is 2.98. The molecule has 2 amide bonds. The van der Waals surface area contributed by atoms with Crippen molar-refractivity contribution in [2.75, 3.05) is 12.3 Å². The van der Waals surface area contributed by atoms with E-state index in [1.807, 2.05) is 77.7 Å². The van der Waals surface area contributed by atoms with Gasteiger partial charge in [-0.25, -0.2) is 0 Å². The van der Waals surface area contributed by atoms with Gasteiger partial charge in [0.05, 0.1) is 5.75 Å². The summed E-state index contributed by atoms with van der Waals surface area (Å²) in [5.41, 5.74) is 4.10. The Morgan fingerprint density at radius 1 is 0.903 bits per heavy atom. The van der Waals surface area contributed by atoms with E-state index in [4.69, 9.17) is 0 Å². The van der Waals surface area contributed by atoms with Crippen LogP contribution in [0.25, 0.3) is 0 Å². The Kier molecular flexibility index (Phi) is 7.05. The van der Waals surface area contributed by atoms with Crippen LogP contribution in [-0.4, -0.2) is 29.0 Å². The minimum atomic E-state index is -0.0593. The lowest BCUT2D eigenvalue weighted by atomic mass is 10.1. The van der Waals surface area contributed by atoms with Gasteiger partial charge in [0.25, 0.3) is 5.91 Å². The Morgan fingerprint density at radius 3 is 2.23 bits per heavy atom. The summed E-state index contributed by atoms with van der Waals surface area (Å²) >= 11 is 1.64. The first kappa shape index (κ1) is 21.2. The van der Waals surface area contributed by atoms with Crippen LogP contribution in [0.4, 0.5) is 0 Å². The van der Waals surface area contributed by atoms with Gasteiger partial charge in [0.2, 0.25) is 5.91 Å². The Balaban J connectivity index is 1.32. The Hall–Kier alpha value is -3.05. The maximum Gasteiger partial charge on any atom is 0.251 e. The summed E-state index contributed by atoms with van der Waals surface area (Å²) in [4.78, 5) is 26.8. The lowest BCUT2D eigenvalue weighted by Crippen LogP contribution is -2.28. The second-order valence-corrected chi connectivity index (χ2v) is 8.71. The van der Waals surface area contributed by atoms with E-state index >= 15 is 0 Å². The minimum Gasteiger partial charge on any atom is -0.352 e. The number of carbonyl (C=O) groups is 2. The molecule has 4 nitrogen and oxygen atoms in total. The van der Waals surface area contributed by atoms with Crippen LogP contribution in [0, 0.1) is 0 Å². The first-order valence-corrected chi connectivity index (χ1v) is 11.6. The number of nitrogens with zero attached hydrogens (tertiary/aromatic N) is 1. The van der Waals surface area contributed by atoms with E-state index in [0.717, 1.165) is 24.0 Å². The fraction of sp³-hybridized carbons (Fsp3) is 0.231. The molecule has 1 saturated heterocycles. The van der Waals surface area contributed by atoms with E-state index in [1.54, 1.807) is 11.8 Å². The largest absolute Gasteiger partial charge is 0.352 e. The third-order valence-electron chi connectivity index (χ3n) is 5.39. The molecule has 1 heterocycles.